The standard InChI is InChI=1S/C10H7N3OS/c11-10-7(4-13-14-10)6-2-1-3-8-9(6)12-5-15-8/h1-5H,11H2. The average molecular weight is 217 g/mol. The van der Waals surface area contributed by atoms with Crippen molar-refractivity contribution < 1.29 is 4.52 Å². The maximum absolute atomic E-state index is 5.68. The van der Waals surface area contributed by atoms with Gasteiger partial charge in [0, 0.05) is 5.56 Å². The first-order valence-corrected chi connectivity index (χ1v) is 5.27. The van der Waals surface area contributed by atoms with Crippen LogP contribution in [-0.2, 0) is 0 Å². The van der Waals surface area contributed by atoms with Crippen molar-refractivity contribution in [3.63, 3.8) is 0 Å². The largest absolute Gasteiger partial charge is 0.367 e. The minimum Gasteiger partial charge on any atom is -0.367 e. The summed E-state index contributed by atoms with van der Waals surface area (Å²) in [6.07, 6.45) is 1.61. The van der Waals surface area contributed by atoms with E-state index in [0.717, 1.165) is 21.3 Å². The van der Waals surface area contributed by atoms with E-state index in [2.05, 4.69) is 10.1 Å². The molecule has 2 heterocycles. The van der Waals surface area contributed by atoms with E-state index in [4.69, 9.17) is 10.3 Å². The summed E-state index contributed by atoms with van der Waals surface area (Å²) in [5.41, 5.74) is 10.2. The molecule has 3 aromatic rings. The zero-order chi connectivity index (χ0) is 10.3. The molecule has 5 heteroatoms. The minimum absolute atomic E-state index is 0.329. The van der Waals surface area contributed by atoms with Crippen LogP contribution in [0.1, 0.15) is 0 Å². The Kier molecular flexibility index (Phi) is 1.72. The Morgan fingerprint density at radius 3 is 3.00 bits per heavy atom. The Bertz CT molecular complexity index is 614. The van der Waals surface area contributed by atoms with Gasteiger partial charge in [0.05, 0.1) is 27.5 Å². The number of nitrogens with two attached hydrogens (primary N) is 1. The van der Waals surface area contributed by atoms with Gasteiger partial charge in [0.1, 0.15) is 0 Å². The lowest BCUT2D eigenvalue weighted by Crippen LogP contribution is -1.85. The van der Waals surface area contributed by atoms with Crippen LogP contribution in [0.25, 0.3) is 21.3 Å². The van der Waals surface area contributed by atoms with Crippen LogP contribution in [0.2, 0.25) is 0 Å². The first-order chi connectivity index (χ1) is 7.36. The summed E-state index contributed by atoms with van der Waals surface area (Å²) in [6.45, 7) is 0. The summed E-state index contributed by atoms with van der Waals surface area (Å²) >= 11 is 1.60. The number of rotatable bonds is 1. The Morgan fingerprint density at radius 2 is 2.20 bits per heavy atom. The molecule has 0 bridgehead atoms. The molecule has 0 saturated carbocycles. The lowest BCUT2D eigenvalue weighted by molar-refractivity contribution is 0.436. The number of aromatic nitrogens is 2. The number of fused-ring (bicyclic) bond motifs is 1. The van der Waals surface area contributed by atoms with Crippen molar-refractivity contribution in [3.8, 4) is 11.1 Å². The average Bonchev–Trinajstić information content (AvgIpc) is 2.85. The molecule has 0 fully saturated rings. The van der Waals surface area contributed by atoms with Gasteiger partial charge in [0.25, 0.3) is 0 Å². The van der Waals surface area contributed by atoms with Crippen LogP contribution in [-0.4, -0.2) is 10.1 Å². The molecule has 0 saturated heterocycles. The van der Waals surface area contributed by atoms with E-state index in [1.165, 1.54) is 0 Å². The topological polar surface area (TPSA) is 64.9 Å². The van der Waals surface area contributed by atoms with Crippen LogP contribution in [0.15, 0.2) is 34.4 Å². The van der Waals surface area contributed by atoms with Gasteiger partial charge in [-0.1, -0.05) is 17.3 Å². The van der Waals surface area contributed by atoms with Crippen molar-refractivity contribution in [2.45, 2.75) is 0 Å². The lowest BCUT2D eigenvalue weighted by Gasteiger charge is -1.98. The van der Waals surface area contributed by atoms with Gasteiger partial charge < -0.3 is 10.3 Å². The molecule has 74 valence electrons. The normalized spacial score (nSPS) is 10.9. The number of nitrogen functional groups attached to an aromatic ring is 1. The first kappa shape index (κ1) is 8.43. The van der Waals surface area contributed by atoms with Gasteiger partial charge in [-0.2, -0.15) is 0 Å². The number of hydrogen-bond donors (Lipinski definition) is 1. The second kappa shape index (κ2) is 3.06. The van der Waals surface area contributed by atoms with Crippen LogP contribution in [0, 0.1) is 0 Å². The van der Waals surface area contributed by atoms with E-state index in [-0.39, 0.29) is 0 Å². The van der Waals surface area contributed by atoms with Crippen molar-refractivity contribution in [3.05, 3.63) is 29.9 Å². The maximum Gasteiger partial charge on any atom is 0.230 e. The molecule has 15 heavy (non-hydrogen) atoms. The highest BCUT2D eigenvalue weighted by Gasteiger charge is 2.11. The summed E-state index contributed by atoms with van der Waals surface area (Å²) in [5, 5.41) is 3.66. The SMILES string of the molecule is Nc1oncc1-c1cccc2scnc12. The third-order valence-electron chi connectivity index (χ3n) is 2.25. The highest BCUT2D eigenvalue weighted by molar-refractivity contribution is 7.16. The molecule has 0 unspecified atom stereocenters. The molecule has 0 aliphatic carbocycles. The fourth-order valence-electron chi connectivity index (χ4n) is 1.55. The summed E-state index contributed by atoms with van der Waals surface area (Å²) < 4.78 is 5.98. The molecule has 0 spiro atoms. The van der Waals surface area contributed by atoms with Crippen LogP contribution < -0.4 is 5.73 Å². The fourth-order valence-corrected chi connectivity index (χ4v) is 2.26. The molecule has 4 nitrogen and oxygen atoms in total. The van der Waals surface area contributed by atoms with Gasteiger partial charge in [0.15, 0.2) is 0 Å². The Balaban J connectivity index is 2.36. The zero-order valence-electron chi connectivity index (χ0n) is 7.68. The number of para-hydroxylation sites is 1. The summed E-state index contributed by atoms with van der Waals surface area (Å²) in [6, 6.07) is 5.97. The second-order valence-electron chi connectivity index (χ2n) is 3.11. The van der Waals surface area contributed by atoms with Gasteiger partial charge in [-0.15, -0.1) is 11.3 Å². The molecule has 0 radical (unpaired) electrons. The fraction of sp³-hybridized carbons (Fsp3) is 0. The van der Waals surface area contributed by atoms with Gasteiger partial charge in [-0.25, -0.2) is 4.98 Å². The number of nitrogens with zero attached hydrogens (tertiary/aromatic N) is 2. The molecule has 2 aromatic heterocycles. The van der Waals surface area contributed by atoms with Crippen molar-refractivity contribution in [1.82, 2.24) is 10.1 Å². The molecule has 0 atom stereocenters. The van der Waals surface area contributed by atoms with Gasteiger partial charge in [-0.05, 0) is 6.07 Å². The first-order valence-electron chi connectivity index (χ1n) is 4.39. The molecule has 3 rings (SSSR count). The van der Waals surface area contributed by atoms with Crippen molar-refractivity contribution >= 4 is 27.4 Å². The Labute approximate surface area is 89.3 Å². The predicted molar refractivity (Wildman–Crippen MR) is 59.5 cm³/mol. The Morgan fingerprint density at radius 1 is 1.27 bits per heavy atom. The van der Waals surface area contributed by atoms with E-state index in [1.54, 1.807) is 17.5 Å². The van der Waals surface area contributed by atoms with E-state index < -0.39 is 0 Å². The molecule has 2 N–H and O–H groups in total. The molecule has 1 aromatic carbocycles. The Hall–Kier alpha value is -1.88. The molecule has 0 aliphatic rings. The summed E-state index contributed by atoms with van der Waals surface area (Å²) in [4.78, 5) is 4.31. The van der Waals surface area contributed by atoms with Crippen LogP contribution in [0.4, 0.5) is 5.88 Å². The minimum atomic E-state index is 0.329. The van der Waals surface area contributed by atoms with E-state index >= 15 is 0 Å². The highest BCUT2D eigenvalue weighted by Crippen LogP contribution is 2.32. The van der Waals surface area contributed by atoms with E-state index in [9.17, 15) is 0 Å². The van der Waals surface area contributed by atoms with Crippen molar-refractivity contribution in [1.29, 1.82) is 0 Å². The summed E-state index contributed by atoms with van der Waals surface area (Å²) in [5.74, 6) is 0.329. The van der Waals surface area contributed by atoms with Crippen molar-refractivity contribution in [2.75, 3.05) is 5.73 Å². The highest BCUT2D eigenvalue weighted by atomic mass is 32.1. The van der Waals surface area contributed by atoms with Gasteiger partial charge >= 0.3 is 0 Å². The molecular formula is C10H7N3OS. The van der Waals surface area contributed by atoms with Crippen molar-refractivity contribution in [2.24, 2.45) is 0 Å². The molecule has 0 aliphatic heterocycles. The van der Waals surface area contributed by atoms with Gasteiger partial charge in [0.2, 0.25) is 5.88 Å². The molecule has 0 amide bonds. The number of hydrogen-bond acceptors (Lipinski definition) is 5. The number of anilines is 1. The second-order valence-corrected chi connectivity index (χ2v) is 3.99. The zero-order valence-corrected chi connectivity index (χ0v) is 8.49. The van der Waals surface area contributed by atoms with E-state index in [0.29, 0.717) is 5.88 Å². The number of thiazole rings is 1. The van der Waals surface area contributed by atoms with Gasteiger partial charge in [-0.3, -0.25) is 0 Å². The third-order valence-corrected chi connectivity index (χ3v) is 3.04. The van der Waals surface area contributed by atoms with Crippen LogP contribution in [0.3, 0.4) is 0 Å². The maximum atomic E-state index is 5.68. The predicted octanol–water partition coefficient (Wildman–Crippen LogP) is 2.53. The van der Waals surface area contributed by atoms with Crippen LogP contribution >= 0.6 is 11.3 Å². The molecular weight excluding hydrogens is 210 g/mol. The van der Waals surface area contributed by atoms with E-state index in [1.807, 2.05) is 23.7 Å². The monoisotopic (exact) mass is 217 g/mol. The quantitative estimate of drug-likeness (QED) is 0.680. The number of benzene rings is 1. The lowest BCUT2D eigenvalue weighted by atomic mass is 10.1. The van der Waals surface area contributed by atoms with Crippen LogP contribution in [0.5, 0.6) is 0 Å². The smallest absolute Gasteiger partial charge is 0.230 e. The summed E-state index contributed by atoms with van der Waals surface area (Å²) in [7, 11) is 0. The third kappa shape index (κ3) is 1.20.